The highest BCUT2D eigenvalue weighted by Crippen LogP contribution is 2.34. The van der Waals surface area contributed by atoms with Crippen LogP contribution in [0.2, 0.25) is 0 Å². The Morgan fingerprint density at radius 3 is 2.44 bits per heavy atom. The minimum atomic E-state index is -0.833. The molecular weight excluding hydrogens is 442 g/mol. The van der Waals surface area contributed by atoms with E-state index in [0.29, 0.717) is 12.1 Å². The van der Waals surface area contributed by atoms with Crippen LogP contribution in [0.25, 0.3) is 11.4 Å². The van der Waals surface area contributed by atoms with Crippen molar-refractivity contribution in [2.45, 2.75) is 51.8 Å². The van der Waals surface area contributed by atoms with Crippen LogP contribution in [0.4, 0.5) is 0 Å². The maximum absolute atomic E-state index is 9.16. The van der Waals surface area contributed by atoms with Crippen LogP contribution in [0.1, 0.15) is 38.3 Å². The van der Waals surface area contributed by atoms with E-state index >= 15 is 0 Å². The first-order valence-electron chi connectivity index (χ1n) is 11.2. The number of carboxylic acid groups (broad SMARTS) is 2. The van der Waals surface area contributed by atoms with Crippen molar-refractivity contribution >= 4 is 11.9 Å². The van der Waals surface area contributed by atoms with Gasteiger partial charge in [-0.1, -0.05) is 0 Å². The number of aliphatic hydroxyl groups excluding tert-OH is 1. The second-order valence-electron chi connectivity index (χ2n) is 8.35. The van der Waals surface area contributed by atoms with Crippen molar-refractivity contribution in [2.75, 3.05) is 33.4 Å². The molecule has 2 aromatic rings. The summed E-state index contributed by atoms with van der Waals surface area (Å²) in [6.45, 7) is 7.09. The van der Waals surface area contributed by atoms with Gasteiger partial charge in [0, 0.05) is 63.6 Å². The number of ether oxygens (including phenoxy) is 2. The fraction of sp³-hybridized carbons (Fsp3) is 0.542. The zero-order valence-corrected chi connectivity index (χ0v) is 20.2. The summed E-state index contributed by atoms with van der Waals surface area (Å²) in [6.07, 6.45) is 5.92. The number of aryl methyl sites for hydroxylation is 1. The maximum atomic E-state index is 9.16. The molecule has 0 unspecified atom stereocenters. The van der Waals surface area contributed by atoms with Crippen LogP contribution in [0.5, 0.6) is 5.75 Å². The van der Waals surface area contributed by atoms with Crippen LogP contribution in [0.15, 0.2) is 30.6 Å². The van der Waals surface area contributed by atoms with Crippen LogP contribution < -0.4 is 4.74 Å². The Kier molecular flexibility index (Phi) is 10.5. The van der Waals surface area contributed by atoms with Crippen molar-refractivity contribution in [3.05, 3.63) is 36.2 Å². The number of carboxylic acids is 2. The molecule has 1 aromatic heterocycles. The first kappa shape index (κ1) is 27.3. The van der Waals surface area contributed by atoms with Gasteiger partial charge in [-0.05, 0) is 43.5 Å². The number of hydrogen-bond donors (Lipinski definition) is 3. The topological polar surface area (TPSA) is 134 Å². The van der Waals surface area contributed by atoms with Crippen molar-refractivity contribution in [2.24, 2.45) is 0 Å². The smallest absolute Gasteiger partial charge is 0.300 e. The van der Waals surface area contributed by atoms with Gasteiger partial charge in [0.25, 0.3) is 11.9 Å². The molecule has 2 fully saturated rings. The van der Waals surface area contributed by atoms with Crippen molar-refractivity contribution < 1.29 is 34.4 Å². The third-order valence-electron chi connectivity index (χ3n) is 5.63. The van der Waals surface area contributed by atoms with Gasteiger partial charge in [-0.3, -0.25) is 14.5 Å². The van der Waals surface area contributed by atoms with Crippen LogP contribution in [-0.2, 0) is 14.3 Å². The minimum Gasteiger partial charge on any atom is -0.496 e. The number of morpholine rings is 1. The van der Waals surface area contributed by atoms with Crippen molar-refractivity contribution in [3.63, 3.8) is 0 Å². The number of fused-ring (bicyclic) bond motifs is 1. The highest BCUT2D eigenvalue weighted by molar-refractivity contribution is 5.63. The summed E-state index contributed by atoms with van der Waals surface area (Å²) >= 11 is 0. The van der Waals surface area contributed by atoms with Gasteiger partial charge in [0.15, 0.2) is 0 Å². The van der Waals surface area contributed by atoms with Crippen molar-refractivity contribution in [3.8, 4) is 17.1 Å². The van der Waals surface area contributed by atoms with Crippen molar-refractivity contribution in [1.29, 1.82) is 0 Å². The maximum Gasteiger partial charge on any atom is 0.300 e. The van der Waals surface area contributed by atoms with Crippen molar-refractivity contribution in [1.82, 2.24) is 14.5 Å². The van der Waals surface area contributed by atoms with Gasteiger partial charge >= 0.3 is 0 Å². The van der Waals surface area contributed by atoms with Crippen LogP contribution >= 0.6 is 0 Å². The van der Waals surface area contributed by atoms with E-state index in [1.807, 2.05) is 12.3 Å². The van der Waals surface area contributed by atoms with Gasteiger partial charge < -0.3 is 29.4 Å². The van der Waals surface area contributed by atoms with Crippen LogP contribution in [0, 0.1) is 6.92 Å². The average molecular weight is 478 g/mol. The summed E-state index contributed by atoms with van der Waals surface area (Å²) in [4.78, 5) is 25.1. The number of aromatic nitrogens is 2. The number of aliphatic hydroxyl groups is 1. The fourth-order valence-electron chi connectivity index (χ4n) is 4.28. The molecule has 2 aliphatic rings. The SMILES string of the molecule is CC(=O)O.CC(=O)O.COc1ccc(-c2nccn2[C@@H]2C[C@H]3CO[C@@H](CCO)CN3C2)cc1C. The van der Waals surface area contributed by atoms with Gasteiger partial charge in [0.1, 0.15) is 11.6 Å². The Bertz CT molecular complexity index is 926. The number of hydrogen-bond acceptors (Lipinski definition) is 7. The minimum absolute atomic E-state index is 0.154. The van der Waals surface area contributed by atoms with E-state index < -0.39 is 11.9 Å². The average Bonchev–Trinajstić information content (AvgIpc) is 3.39. The van der Waals surface area contributed by atoms with E-state index in [2.05, 4.69) is 39.7 Å². The molecule has 0 radical (unpaired) electrons. The third-order valence-corrected chi connectivity index (χ3v) is 5.63. The normalized spacial score (nSPS) is 21.4. The molecule has 0 saturated carbocycles. The molecule has 3 atom stereocenters. The lowest BCUT2D eigenvalue weighted by Crippen LogP contribution is -2.46. The Labute approximate surface area is 199 Å². The first-order chi connectivity index (χ1) is 16.2. The van der Waals surface area contributed by atoms with E-state index in [9.17, 15) is 0 Å². The molecule has 3 heterocycles. The molecule has 0 bridgehead atoms. The second-order valence-corrected chi connectivity index (χ2v) is 8.35. The van der Waals surface area contributed by atoms with E-state index in [1.165, 1.54) is 0 Å². The van der Waals surface area contributed by atoms with Gasteiger partial charge in [-0.25, -0.2) is 4.98 Å². The fourth-order valence-corrected chi connectivity index (χ4v) is 4.28. The Balaban J connectivity index is 0.000000446. The number of aliphatic carboxylic acids is 2. The Morgan fingerprint density at radius 2 is 1.85 bits per heavy atom. The summed E-state index contributed by atoms with van der Waals surface area (Å²) in [5, 5.41) is 24.0. The molecule has 188 valence electrons. The standard InChI is InChI=1S/C20H27N3O3.2C2H4O2/c1-14-9-15(3-4-19(14)25-2)20-21-6-7-23(20)16-10-17-13-26-18(5-8-24)12-22(17)11-16;2*1-2(3)4/h3-4,6-7,9,16-18,24H,5,8,10-13H2,1-2H3;2*1H3,(H,3,4)/t16-,17+,18+;;/m1../s1. The highest BCUT2D eigenvalue weighted by atomic mass is 16.5. The van der Waals surface area contributed by atoms with Crippen LogP contribution in [0.3, 0.4) is 0 Å². The molecule has 0 amide bonds. The summed E-state index contributed by atoms with van der Waals surface area (Å²) in [6, 6.07) is 7.09. The highest BCUT2D eigenvalue weighted by Gasteiger charge is 2.38. The number of nitrogens with zero attached hydrogens (tertiary/aromatic N) is 3. The Morgan fingerprint density at radius 1 is 1.18 bits per heavy atom. The molecule has 4 rings (SSSR count). The van der Waals surface area contributed by atoms with E-state index in [4.69, 9.17) is 34.4 Å². The summed E-state index contributed by atoms with van der Waals surface area (Å²) in [5.74, 6) is 0.241. The van der Waals surface area contributed by atoms with Gasteiger partial charge in [-0.2, -0.15) is 0 Å². The summed E-state index contributed by atoms with van der Waals surface area (Å²) in [7, 11) is 1.70. The molecule has 2 saturated heterocycles. The Hall–Kier alpha value is -2.95. The summed E-state index contributed by atoms with van der Waals surface area (Å²) in [5.41, 5.74) is 2.23. The number of rotatable bonds is 5. The molecule has 0 spiro atoms. The number of imidazole rings is 1. The lowest BCUT2D eigenvalue weighted by Gasteiger charge is -2.34. The summed E-state index contributed by atoms with van der Waals surface area (Å²) < 4.78 is 13.6. The molecule has 3 N–H and O–H groups in total. The molecule has 2 aliphatic heterocycles. The lowest BCUT2D eigenvalue weighted by molar-refractivity contribution is -0.135. The molecular formula is C24H35N3O7. The quantitative estimate of drug-likeness (QED) is 0.593. The predicted octanol–water partition coefficient (Wildman–Crippen LogP) is 2.45. The van der Waals surface area contributed by atoms with E-state index in [1.54, 1.807) is 7.11 Å². The van der Waals surface area contributed by atoms with E-state index in [-0.39, 0.29) is 12.7 Å². The largest absolute Gasteiger partial charge is 0.496 e. The zero-order valence-electron chi connectivity index (χ0n) is 20.2. The lowest BCUT2D eigenvalue weighted by atomic mass is 10.1. The molecule has 0 aliphatic carbocycles. The number of benzene rings is 1. The molecule has 34 heavy (non-hydrogen) atoms. The molecule has 10 nitrogen and oxygen atoms in total. The predicted molar refractivity (Wildman–Crippen MR) is 126 cm³/mol. The monoisotopic (exact) mass is 477 g/mol. The van der Waals surface area contributed by atoms with Gasteiger partial charge in [0.2, 0.25) is 0 Å². The van der Waals surface area contributed by atoms with Crippen LogP contribution in [-0.4, -0.2) is 87.3 Å². The first-order valence-corrected chi connectivity index (χ1v) is 11.2. The second kappa shape index (κ2) is 13.1. The third kappa shape index (κ3) is 7.82. The van der Waals surface area contributed by atoms with Gasteiger partial charge in [0.05, 0.1) is 19.8 Å². The van der Waals surface area contributed by atoms with Gasteiger partial charge in [-0.15, -0.1) is 0 Å². The van der Waals surface area contributed by atoms with E-state index in [0.717, 1.165) is 69.1 Å². The number of methoxy groups -OCH3 is 1. The molecule has 10 heteroatoms. The number of carbonyl (C=O) groups is 2. The molecule has 1 aromatic carbocycles. The zero-order chi connectivity index (χ0) is 25.3.